The molecule has 2 saturated heterocycles. The highest BCUT2D eigenvalue weighted by Crippen LogP contribution is 2.22. The molecule has 3 atom stereocenters. The van der Waals surface area contributed by atoms with E-state index in [0.717, 1.165) is 51.6 Å². The predicted octanol–water partition coefficient (Wildman–Crippen LogP) is 2.93. The fourth-order valence-electron chi connectivity index (χ4n) is 4.27. The van der Waals surface area contributed by atoms with E-state index in [1.807, 2.05) is 0 Å². The minimum atomic E-state index is -0.0271. The van der Waals surface area contributed by atoms with Gasteiger partial charge in [-0.1, -0.05) is 25.1 Å². The van der Waals surface area contributed by atoms with E-state index in [9.17, 15) is 4.79 Å². The third-order valence-corrected chi connectivity index (χ3v) is 5.61. The lowest BCUT2D eigenvalue weighted by molar-refractivity contribution is 0.169. The van der Waals surface area contributed by atoms with Crippen molar-refractivity contribution in [1.82, 2.24) is 15.5 Å². The smallest absolute Gasteiger partial charge is 0.315 e. The summed E-state index contributed by atoms with van der Waals surface area (Å²) in [7, 11) is 0. The molecule has 2 aliphatic rings. The number of rotatable bonds is 6. The Hall–Kier alpha value is -1.75. The van der Waals surface area contributed by atoms with Gasteiger partial charge in [0.05, 0.1) is 0 Å². The van der Waals surface area contributed by atoms with E-state index in [1.54, 1.807) is 0 Å². The van der Waals surface area contributed by atoms with Crippen molar-refractivity contribution >= 4 is 11.7 Å². The largest absolute Gasteiger partial charge is 0.371 e. The molecule has 0 aliphatic carbocycles. The molecule has 0 aromatic heterocycles. The molecule has 3 rings (SSSR count). The van der Waals surface area contributed by atoms with Crippen molar-refractivity contribution in [3.8, 4) is 0 Å². The van der Waals surface area contributed by atoms with Crippen LogP contribution >= 0.6 is 0 Å². The monoisotopic (exact) mass is 358 g/mol. The van der Waals surface area contributed by atoms with Crippen molar-refractivity contribution in [3.63, 3.8) is 0 Å². The lowest BCUT2D eigenvalue weighted by Crippen LogP contribution is -2.48. The first-order chi connectivity index (χ1) is 12.6. The standard InChI is InChI=1S/C21H34N4O/c1-17-7-6-11-24(14-17)15-18(2)23-21(26)22-13-19-10-12-25(16-19)20-8-4-3-5-9-20/h3-5,8-9,17-19H,6-7,10-16H2,1-2H3,(H2,22,23,26)/t17-,18+,19-/m1/s1. The van der Waals surface area contributed by atoms with E-state index in [1.165, 1.54) is 18.5 Å². The van der Waals surface area contributed by atoms with E-state index in [0.29, 0.717) is 5.92 Å². The van der Waals surface area contributed by atoms with Crippen LogP contribution < -0.4 is 15.5 Å². The van der Waals surface area contributed by atoms with Crippen LogP contribution in [0.2, 0.25) is 0 Å². The molecule has 0 radical (unpaired) electrons. The van der Waals surface area contributed by atoms with Crippen LogP contribution in [0.15, 0.2) is 30.3 Å². The maximum atomic E-state index is 12.2. The van der Waals surface area contributed by atoms with Gasteiger partial charge in [-0.25, -0.2) is 4.79 Å². The molecule has 26 heavy (non-hydrogen) atoms. The van der Waals surface area contributed by atoms with Crippen LogP contribution in [0.1, 0.15) is 33.1 Å². The Morgan fingerprint density at radius 3 is 2.77 bits per heavy atom. The first-order valence-electron chi connectivity index (χ1n) is 10.2. The van der Waals surface area contributed by atoms with Gasteiger partial charge in [-0.15, -0.1) is 0 Å². The Bertz CT molecular complexity index is 564. The van der Waals surface area contributed by atoms with Crippen molar-refractivity contribution in [3.05, 3.63) is 30.3 Å². The second-order valence-electron chi connectivity index (χ2n) is 8.20. The van der Waals surface area contributed by atoms with Gasteiger partial charge in [0, 0.05) is 44.5 Å². The zero-order valence-corrected chi connectivity index (χ0v) is 16.3. The first-order valence-corrected chi connectivity index (χ1v) is 10.2. The Labute approximate surface area is 158 Å². The number of hydrogen-bond donors (Lipinski definition) is 2. The topological polar surface area (TPSA) is 47.6 Å². The normalized spacial score (nSPS) is 25.1. The van der Waals surface area contributed by atoms with Crippen molar-refractivity contribution in [1.29, 1.82) is 0 Å². The summed E-state index contributed by atoms with van der Waals surface area (Å²) in [5.41, 5.74) is 1.28. The number of carbonyl (C=O) groups excluding carboxylic acids is 1. The van der Waals surface area contributed by atoms with Gasteiger partial charge in [0.25, 0.3) is 0 Å². The maximum Gasteiger partial charge on any atom is 0.315 e. The average Bonchev–Trinajstić information content (AvgIpc) is 3.10. The zero-order chi connectivity index (χ0) is 18.4. The van der Waals surface area contributed by atoms with Gasteiger partial charge in [-0.3, -0.25) is 0 Å². The molecule has 1 aromatic rings. The Kier molecular flexibility index (Phi) is 6.78. The van der Waals surface area contributed by atoms with E-state index in [-0.39, 0.29) is 12.1 Å². The van der Waals surface area contributed by atoms with Gasteiger partial charge in [0.2, 0.25) is 0 Å². The number of anilines is 1. The Morgan fingerprint density at radius 1 is 1.19 bits per heavy atom. The summed E-state index contributed by atoms with van der Waals surface area (Å²) in [4.78, 5) is 17.1. The highest BCUT2D eigenvalue weighted by atomic mass is 16.2. The second kappa shape index (κ2) is 9.26. The van der Waals surface area contributed by atoms with Gasteiger partial charge >= 0.3 is 6.03 Å². The third-order valence-electron chi connectivity index (χ3n) is 5.61. The number of piperidine rings is 1. The van der Waals surface area contributed by atoms with Gasteiger partial charge in [-0.2, -0.15) is 0 Å². The number of carbonyl (C=O) groups is 1. The van der Waals surface area contributed by atoms with E-state index >= 15 is 0 Å². The van der Waals surface area contributed by atoms with Crippen LogP contribution in [0.25, 0.3) is 0 Å². The quantitative estimate of drug-likeness (QED) is 0.822. The molecular formula is C21H34N4O. The summed E-state index contributed by atoms with van der Waals surface area (Å²) in [5, 5.41) is 6.18. The van der Waals surface area contributed by atoms with E-state index in [4.69, 9.17) is 0 Å². The molecule has 2 aliphatic heterocycles. The highest BCUT2D eigenvalue weighted by molar-refractivity contribution is 5.74. The lowest BCUT2D eigenvalue weighted by atomic mass is 10.00. The van der Waals surface area contributed by atoms with Gasteiger partial charge < -0.3 is 20.4 Å². The number of likely N-dealkylation sites (tertiary alicyclic amines) is 1. The fraction of sp³-hybridized carbons (Fsp3) is 0.667. The highest BCUT2D eigenvalue weighted by Gasteiger charge is 2.23. The minimum Gasteiger partial charge on any atom is -0.371 e. The van der Waals surface area contributed by atoms with Crippen LogP contribution in [-0.2, 0) is 0 Å². The molecule has 0 bridgehead atoms. The Morgan fingerprint density at radius 2 is 2.00 bits per heavy atom. The molecule has 1 aromatic carbocycles. The molecule has 2 N–H and O–H groups in total. The molecule has 144 valence electrons. The summed E-state index contributed by atoms with van der Waals surface area (Å²) in [6.45, 7) is 10.5. The molecule has 0 spiro atoms. The summed E-state index contributed by atoms with van der Waals surface area (Å²) < 4.78 is 0. The summed E-state index contributed by atoms with van der Waals surface area (Å²) >= 11 is 0. The molecule has 5 heteroatoms. The lowest BCUT2D eigenvalue weighted by Gasteiger charge is -2.32. The Balaban J connectivity index is 1.34. The van der Waals surface area contributed by atoms with Crippen molar-refractivity contribution in [2.24, 2.45) is 11.8 Å². The van der Waals surface area contributed by atoms with Crippen LogP contribution in [0.4, 0.5) is 10.5 Å². The molecule has 0 unspecified atom stereocenters. The van der Waals surface area contributed by atoms with Crippen LogP contribution in [0.3, 0.4) is 0 Å². The van der Waals surface area contributed by atoms with Crippen LogP contribution in [-0.4, -0.2) is 56.2 Å². The number of para-hydroxylation sites is 1. The average molecular weight is 359 g/mol. The van der Waals surface area contributed by atoms with Crippen molar-refractivity contribution in [2.75, 3.05) is 44.2 Å². The molecular weight excluding hydrogens is 324 g/mol. The number of urea groups is 1. The molecule has 2 fully saturated rings. The predicted molar refractivity (Wildman–Crippen MR) is 108 cm³/mol. The molecule has 2 amide bonds. The number of nitrogens with one attached hydrogen (secondary N) is 2. The van der Waals surface area contributed by atoms with E-state index in [2.05, 4.69) is 64.6 Å². The zero-order valence-electron chi connectivity index (χ0n) is 16.3. The number of amides is 2. The third kappa shape index (κ3) is 5.63. The van der Waals surface area contributed by atoms with E-state index < -0.39 is 0 Å². The number of nitrogens with zero attached hydrogens (tertiary/aromatic N) is 2. The molecule has 0 saturated carbocycles. The first kappa shape index (κ1) is 19.0. The second-order valence-corrected chi connectivity index (χ2v) is 8.20. The van der Waals surface area contributed by atoms with Gasteiger partial charge in [0.15, 0.2) is 0 Å². The van der Waals surface area contributed by atoms with Crippen LogP contribution in [0.5, 0.6) is 0 Å². The SMILES string of the molecule is C[C@@H]1CCCN(C[C@H](C)NC(=O)NC[C@H]2CCN(c3ccccc3)C2)C1. The molecule has 2 heterocycles. The maximum absolute atomic E-state index is 12.2. The number of benzene rings is 1. The van der Waals surface area contributed by atoms with Gasteiger partial charge in [-0.05, 0) is 56.7 Å². The summed E-state index contributed by atoms with van der Waals surface area (Å²) in [6.07, 6.45) is 3.75. The fourth-order valence-corrected chi connectivity index (χ4v) is 4.27. The van der Waals surface area contributed by atoms with Crippen molar-refractivity contribution in [2.45, 2.75) is 39.2 Å². The van der Waals surface area contributed by atoms with Crippen molar-refractivity contribution < 1.29 is 4.79 Å². The minimum absolute atomic E-state index is 0.0271. The van der Waals surface area contributed by atoms with Gasteiger partial charge in [0.1, 0.15) is 0 Å². The molecule has 5 nitrogen and oxygen atoms in total. The number of hydrogen-bond acceptors (Lipinski definition) is 3. The van der Waals surface area contributed by atoms with Crippen LogP contribution in [0, 0.1) is 11.8 Å². The summed E-state index contributed by atoms with van der Waals surface area (Å²) in [5.74, 6) is 1.30. The summed E-state index contributed by atoms with van der Waals surface area (Å²) in [6, 6.07) is 10.7.